The van der Waals surface area contributed by atoms with Crippen molar-refractivity contribution >= 4 is 17.9 Å². The van der Waals surface area contributed by atoms with E-state index in [0.717, 1.165) is 89.9 Å². The minimum Gasteiger partial charge on any atom is -0.462 e. The van der Waals surface area contributed by atoms with Gasteiger partial charge in [0.05, 0.1) is 0 Å². The number of unbranched alkanes of at least 4 members (excludes halogenated alkanes) is 43. The maximum atomic E-state index is 12.9. The molecule has 0 saturated heterocycles. The van der Waals surface area contributed by atoms with E-state index in [1.165, 1.54) is 238 Å². The lowest BCUT2D eigenvalue weighted by atomic mass is 10.0. The molecule has 0 amide bonds. The molecule has 6 nitrogen and oxygen atoms in total. The van der Waals surface area contributed by atoms with Gasteiger partial charge in [0.1, 0.15) is 13.2 Å². The van der Waals surface area contributed by atoms with Gasteiger partial charge in [0.2, 0.25) is 0 Å². The monoisotopic (exact) mass is 1110 g/mol. The zero-order valence-electron chi connectivity index (χ0n) is 52.9. The van der Waals surface area contributed by atoms with Gasteiger partial charge in [0.25, 0.3) is 0 Å². The first-order valence-electron chi connectivity index (χ1n) is 34.8. The Kier molecular flexibility index (Phi) is 65.1. The van der Waals surface area contributed by atoms with Crippen LogP contribution in [0.5, 0.6) is 0 Å². The molecule has 460 valence electrons. The van der Waals surface area contributed by atoms with Crippen molar-refractivity contribution < 1.29 is 28.6 Å². The molecular formula is C73H132O6. The number of allylic oxidation sites excluding steroid dienone is 10. The van der Waals surface area contributed by atoms with Crippen LogP contribution in [0.2, 0.25) is 0 Å². The van der Waals surface area contributed by atoms with Gasteiger partial charge in [-0.1, -0.05) is 345 Å². The van der Waals surface area contributed by atoms with Gasteiger partial charge in [0.15, 0.2) is 6.10 Å². The van der Waals surface area contributed by atoms with Crippen molar-refractivity contribution in [1.29, 1.82) is 0 Å². The summed E-state index contributed by atoms with van der Waals surface area (Å²) in [5.74, 6) is -0.839. The number of esters is 3. The number of rotatable bonds is 64. The second kappa shape index (κ2) is 67.6. The highest BCUT2D eigenvalue weighted by Gasteiger charge is 2.19. The van der Waals surface area contributed by atoms with Crippen molar-refractivity contribution in [1.82, 2.24) is 0 Å². The summed E-state index contributed by atoms with van der Waals surface area (Å²) in [4.78, 5) is 38.3. The molecule has 0 aliphatic rings. The average molecular weight is 1110 g/mol. The largest absolute Gasteiger partial charge is 0.462 e. The molecule has 0 fully saturated rings. The first kappa shape index (κ1) is 76.1. The lowest BCUT2D eigenvalue weighted by Gasteiger charge is -2.18. The topological polar surface area (TPSA) is 78.9 Å². The summed E-state index contributed by atoms with van der Waals surface area (Å²) >= 11 is 0. The summed E-state index contributed by atoms with van der Waals surface area (Å²) in [5, 5.41) is 0. The van der Waals surface area contributed by atoms with Crippen molar-refractivity contribution in [2.75, 3.05) is 13.2 Å². The quantitative estimate of drug-likeness (QED) is 0.0261. The van der Waals surface area contributed by atoms with Gasteiger partial charge in [-0.25, -0.2) is 0 Å². The van der Waals surface area contributed by atoms with Crippen molar-refractivity contribution in [3.63, 3.8) is 0 Å². The van der Waals surface area contributed by atoms with Crippen LogP contribution in [0, 0.1) is 0 Å². The third-order valence-corrected chi connectivity index (χ3v) is 15.5. The van der Waals surface area contributed by atoms with Crippen LogP contribution in [0.1, 0.15) is 367 Å². The van der Waals surface area contributed by atoms with Gasteiger partial charge in [0, 0.05) is 19.3 Å². The molecule has 0 aromatic carbocycles. The lowest BCUT2D eigenvalue weighted by Crippen LogP contribution is -2.30. The summed E-state index contributed by atoms with van der Waals surface area (Å²) in [6, 6.07) is 0. The standard InChI is InChI=1S/C73H132O6/c1-4-7-10-13-16-19-22-25-27-28-29-30-31-32-33-34-35-36-37-38-39-40-41-42-43-44-46-48-51-54-57-60-63-66-72(75)78-69-70(68-77-71(74)65-62-59-56-53-50-47-24-21-18-15-12-9-6-3)79-73(76)67-64-61-58-55-52-49-45-26-23-20-17-14-11-8-5-2/h7,10,16,19,25,27,29-30,32-33,70H,4-6,8-9,11-15,17-18,20-24,26,28,31,34-69H2,1-3H3/b10-7-,19-16-,27-25-,30-29-,33-32-. The Hall–Kier alpha value is -2.89. The van der Waals surface area contributed by atoms with Crippen LogP contribution >= 0.6 is 0 Å². The fraction of sp³-hybridized carbons (Fsp3) is 0.822. The fourth-order valence-corrected chi connectivity index (χ4v) is 10.4. The highest BCUT2D eigenvalue weighted by Crippen LogP contribution is 2.18. The maximum absolute atomic E-state index is 12.9. The third kappa shape index (κ3) is 65.8. The Balaban J connectivity index is 4.12. The van der Waals surface area contributed by atoms with Gasteiger partial charge < -0.3 is 14.2 Å². The van der Waals surface area contributed by atoms with Crippen LogP contribution in [0.4, 0.5) is 0 Å². The molecule has 0 aliphatic carbocycles. The number of carbonyl (C=O) groups excluding carboxylic acids is 3. The predicted molar refractivity (Wildman–Crippen MR) is 344 cm³/mol. The second-order valence-electron chi connectivity index (χ2n) is 23.4. The summed E-state index contributed by atoms with van der Waals surface area (Å²) in [7, 11) is 0. The summed E-state index contributed by atoms with van der Waals surface area (Å²) in [6.07, 6.45) is 86.8. The Labute approximate surface area is 491 Å². The number of carbonyl (C=O) groups is 3. The molecule has 0 radical (unpaired) electrons. The summed E-state index contributed by atoms with van der Waals surface area (Å²) < 4.78 is 17.0. The molecule has 6 heteroatoms. The van der Waals surface area contributed by atoms with E-state index in [-0.39, 0.29) is 31.1 Å². The van der Waals surface area contributed by atoms with Crippen molar-refractivity contribution in [3.05, 3.63) is 60.8 Å². The van der Waals surface area contributed by atoms with E-state index in [1.807, 2.05) is 0 Å². The van der Waals surface area contributed by atoms with Crippen LogP contribution in [-0.2, 0) is 28.6 Å². The van der Waals surface area contributed by atoms with Crippen LogP contribution in [0.25, 0.3) is 0 Å². The minimum atomic E-state index is -0.768. The molecule has 0 heterocycles. The smallest absolute Gasteiger partial charge is 0.306 e. The molecular weight excluding hydrogens is 973 g/mol. The zero-order chi connectivity index (χ0) is 57.1. The van der Waals surface area contributed by atoms with E-state index in [0.29, 0.717) is 19.3 Å². The Morgan fingerprint density at radius 2 is 0.494 bits per heavy atom. The summed E-state index contributed by atoms with van der Waals surface area (Å²) in [6.45, 7) is 6.59. The summed E-state index contributed by atoms with van der Waals surface area (Å²) in [5.41, 5.74) is 0. The van der Waals surface area contributed by atoms with Gasteiger partial charge in [-0.15, -0.1) is 0 Å². The van der Waals surface area contributed by atoms with Crippen molar-refractivity contribution in [3.8, 4) is 0 Å². The molecule has 0 aromatic rings. The van der Waals surface area contributed by atoms with Crippen LogP contribution in [0.3, 0.4) is 0 Å². The normalized spacial score (nSPS) is 12.4. The predicted octanol–water partition coefficient (Wildman–Crippen LogP) is 23.9. The van der Waals surface area contributed by atoms with E-state index >= 15 is 0 Å². The highest BCUT2D eigenvalue weighted by molar-refractivity contribution is 5.71. The molecule has 0 aliphatic heterocycles. The molecule has 0 spiro atoms. The second-order valence-corrected chi connectivity index (χ2v) is 23.4. The third-order valence-electron chi connectivity index (χ3n) is 15.5. The van der Waals surface area contributed by atoms with Crippen molar-refractivity contribution in [2.45, 2.75) is 374 Å². The Bertz CT molecular complexity index is 1410. The van der Waals surface area contributed by atoms with E-state index in [9.17, 15) is 14.4 Å². The molecule has 0 rings (SSSR count). The molecule has 0 N–H and O–H groups in total. The van der Waals surface area contributed by atoms with E-state index in [2.05, 4.69) is 81.5 Å². The molecule has 1 atom stereocenters. The number of hydrogen-bond donors (Lipinski definition) is 0. The maximum Gasteiger partial charge on any atom is 0.306 e. The van der Waals surface area contributed by atoms with Gasteiger partial charge in [-0.3, -0.25) is 14.4 Å². The molecule has 0 saturated carbocycles. The zero-order valence-corrected chi connectivity index (χ0v) is 52.9. The van der Waals surface area contributed by atoms with Gasteiger partial charge in [-0.2, -0.15) is 0 Å². The van der Waals surface area contributed by atoms with Crippen molar-refractivity contribution in [2.24, 2.45) is 0 Å². The van der Waals surface area contributed by atoms with Crippen LogP contribution in [0.15, 0.2) is 60.8 Å². The molecule has 0 aromatic heterocycles. The molecule has 79 heavy (non-hydrogen) atoms. The molecule has 0 bridgehead atoms. The average Bonchev–Trinajstić information content (AvgIpc) is 3.45. The number of hydrogen-bond acceptors (Lipinski definition) is 6. The first-order valence-corrected chi connectivity index (χ1v) is 34.8. The molecule has 1 unspecified atom stereocenters. The van der Waals surface area contributed by atoms with E-state index in [1.54, 1.807) is 0 Å². The minimum absolute atomic E-state index is 0.0660. The SMILES string of the molecule is CC/C=C\C/C=C\C/C=C\C/C=C\C/C=C\CCCCCCCCCCCCCCCCCCCC(=O)OCC(COC(=O)CCCCCCCCCCCCCCC)OC(=O)CCCCCCCCCCCCCCCCC. The first-order chi connectivity index (χ1) is 39.0. The fourth-order valence-electron chi connectivity index (χ4n) is 10.4. The number of ether oxygens (including phenoxy) is 3. The van der Waals surface area contributed by atoms with Gasteiger partial charge >= 0.3 is 17.9 Å². The van der Waals surface area contributed by atoms with E-state index in [4.69, 9.17) is 14.2 Å². The highest BCUT2D eigenvalue weighted by atomic mass is 16.6. The Morgan fingerprint density at radius 3 is 0.772 bits per heavy atom. The van der Waals surface area contributed by atoms with Crippen LogP contribution in [-0.4, -0.2) is 37.2 Å². The van der Waals surface area contributed by atoms with Gasteiger partial charge in [-0.05, 0) is 64.2 Å². The van der Waals surface area contributed by atoms with E-state index < -0.39 is 6.10 Å². The Morgan fingerprint density at radius 1 is 0.266 bits per heavy atom. The van der Waals surface area contributed by atoms with Crippen LogP contribution < -0.4 is 0 Å². The lowest BCUT2D eigenvalue weighted by molar-refractivity contribution is -0.167.